The number of rotatable bonds is 3. The van der Waals surface area contributed by atoms with Gasteiger partial charge in [-0.3, -0.25) is 4.68 Å². The predicted molar refractivity (Wildman–Crippen MR) is 68.4 cm³/mol. The highest BCUT2D eigenvalue weighted by atomic mass is 15.3. The summed E-state index contributed by atoms with van der Waals surface area (Å²) in [5.74, 6) is 2.51. The van der Waals surface area contributed by atoms with Gasteiger partial charge in [0.1, 0.15) is 12.2 Å². The van der Waals surface area contributed by atoms with Gasteiger partial charge in [0.15, 0.2) is 0 Å². The molecule has 0 bridgehead atoms. The summed E-state index contributed by atoms with van der Waals surface area (Å²) in [6.07, 6.45) is 7.28. The molecule has 1 saturated carbocycles. The van der Waals surface area contributed by atoms with Gasteiger partial charge in [-0.15, -0.1) is 0 Å². The van der Waals surface area contributed by atoms with E-state index in [0.717, 1.165) is 36.9 Å². The van der Waals surface area contributed by atoms with Crippen LogP contribution in [0.4, 0.5) is 0 Å². The molecule has 0 amide bonds. The van der Waals surface area contributed by atoms with E-state index in [9.17, 15) is 0 Å². The molecule has 0 aliphatic heterocycles. The van der Waals surface area contributed by atoms with Gasteiger partial charge in [-0.25, -0.2) is 4.98 Å². The van der Waals surface area contributed by atoms with Gasteiger partial charge in [-0.05, 0) is 24.7 Å². The zero-order valence-electron chi connectivity index (χ0n) is 11.2. The van der Waals surface area contributed by atoms with Crippen LogP contribution in [-0.2, 0) is 13.5 Å². The normalized spacial score (nSPS) is 29.8. The Morgan fingerprint density at radius 2 is 2.35 bits per heavy atom. The first-order valence-electron chi connectivity index (χ1n) is 6.62. The van der Waals surface area contributed by atoms with E-state index >= 15 is 0 Å². The molecule has 0 saturated heterocycles. The zero-order valence-corrected chi connectivity index (χ0v) is 11.2. The van der Waals surface area contributed by atoms with Crippen molar-refractivity contribution in [2.75, 3.05) is 0 Å². The molecule has 1 aromatic rings. The van der Waals surface area contributed by atoms with Crippen molar-refractivity contribution < 1.29 is 0 Å². The highest BCUT2D eigenvalue weighted by Crippen LogP contribution is 2.36. The van der Waals surface area contributed by atoms with Crippen molar-refractivity contribution in [3.8, 4) is 0 Å². The van der Waals surface area contributed by atoms with Crippen LogP contribution in [-0.4, -0.2) is 20.3 Å². The molecule has 0 radical (unpaired) electrons. The molecule has 0 spiro atoms. The molecular weight excluding hydrogens is 212 g/mol. The number of nitrogens with two attached hydrogens (primary N) is 1. The maximum absolute atomic E-state index is 6.57. The highest BCUT2D eigenvalue weighted by molar-refractivity contribution is 5.00. The minimum Gasteiger partial charge on any atom is -0.325 e. The second kappa shape index (κ2) is 4.77. The van der Waals surface area contributed by atoms with Crippen LogP contribution in [0, 0.1) is 11.8 Å². The van der Waals surface area contributed by atoms with Gasteiger partial charge < -0.3 is 5.73 Å². The maximum Gasteiger partial charge on any atom is 0.138 e. The molecule has 4 nitrogen and oxygen atoms in total. The smallest absolute Gasteiger partial charge is 0.138 e. The molecule has 0 aromatic carbocycles. The van der Waals surface area contributed by atoms with Gasteiger partial charge >= 0.3 is 0 Å². The van der Waals surface area contributed by atoms with E-state index in [0.29, 0.717) is 0 Å². The fourth-order valence-electron chi connectivity index (χ4n) is 2.97. The van der Waals surface area contributed by atoms with E-state index in [1.807, 2.05) is 11.7 Å². The highest BCUT2D eigenvalue weighted by Gasteiger charge is 2.35. The van der Waals surface area contributed by atoms with Crippen molar-refractivity contribution in [2.24, 2.45) is 24.6 Å². The first-order valence-corrected chi connectivity index (χ1v) is 6.62. The van der Waals surface area contributed by atoms with Crippen LogP contribution >= 0.6 is 0 Å². The number of aromatic nitrogens is 3. The topological polar surface area (TPSA) is 56.7 Å². The summed E-state index contributed by atoms with van der Waals surface area (Å²) in [5, 5.41) is 4.12. The lowest BCUT2D eigenvalue weighted by atomic mass is 9.71. The Kier molecular flexibility index (Phi) is 3.52. The quantitative estimate of drug-likeness (QED) is 0.872. The van der Waals surface area contributed by atoms with Gasteiger partial charge in [0.05, 0.1) is 0 Å². The van der Waals surface area contributed by atoms with Crippen molar-refractivity contribution in [1.29, 1.82) is 0 Å². The van der Waals surface area contributed by atoms with Crippen LogP contribution in [0.15, 0.2) is 6.33 Å². The first kappa shape index (κ1) is 12.6. The summed E-state index contributed by atoms with van der Waals surface area (Å²) in [6.45, 7) is 4.61. The Bertz CT molecular complexity index is 371. The van der Waals surface area contributed by atoms with Gasteiger partial charge in [-0.2, -0.15) is 5.10 Å². The van der Waals surface area contributed by atoms with Crippen LogP contribution in [0.25, 0.3) is 0 Å². The maximum atomic E-state index is 6.57. The lowest BCUT2D eigenvalue weighted by Gasteiger charge is -2.39. The van der Waals surface area contributed by atoms with Gasteiger partial charge in [0.2, 0.25) is 0 Å². The standard InChI is InChI=1S/C13H24N4/c1-10(2)11-5-4-6-13(14,7-11)8-12-15-9-16-17(12)3/h9-11H,4-8,14H2,1-3H3. The van der Waals surface area contributed by atoms with E-state index < -0.39 is 0 Å². The van der Waals surface area contributed by atoms with Crippen molar-refractivity contribution >= 4 is 0 Å². The first-order chi connectivity index (χ1) is 8.00. The third-order valence-electron chi connectivity index (χ3n) is 4.18. The second-order valence-corrected chi connectivity index (χ2v) is 5.94. The van der Waals surface area contributed by atoms with E-state index in [4.69, 9.17) is 5.73 Å². The fourth-order valence-corrected chi connectivity index (χ4v) is 2.97. The number of hydrogen-bond acceptors (Lipinski definition) is 3. The van der Waals surface area contributed by atoms with Gasteiger partial charge in [0.25, 0.3) is 0 Å². The average molecular weight is 236 g/mol. The number of nitrogens with zero attached hydrogens (tertiary/aromatic N) is 3. The Morgan fingerprint density at radius 3 is 2.94 bits per heavy atom. The van der Waals surface area contributed by atoms with Crippen LogP contribution in [0.3, 0.4) is 0 Å². The van der Waals surface area contributed by atoms with Crippen molar-refractivity contribution in [3.05, 3.63) is 12.2 Å². The molecule has 1 heterocycles. The summed E-state index contributed by atoms with van der Waals surface area (Å²) in [4.78, 5) is 4.30. The summed E-state index contributed by atoms with van der Waals surface area (Å²) in [5.41, 5.74) is 6.49. The van der Waals surface area contributed by atoms with E-state index in [1.54, 1.807) is 6.33 Å². The predicted octanol–water partition coefficient (Wildman–Crippen LogP) is 1.90. The molecule has 2 unspecified atom stereocenters. The number of aryl methyl sites for hydroxylation is 1. The molecular formula is C13H24N4. The Hall–Kier alpha value is -0.900. The lowest BCUT2D eigenvalue weighted by Crippen LogP contribution is -2.47. The Morgan fingerprint density at radius 1 is 1.59 bits per heavy atom. The van der Waals surface area contributed by atoms with Crippen molar-refractivity contribution in [3.63, 3.8) is 0 Å². The molecule has 1 fully saturated rings. The summed E-state index contributed by atoms with van der Waals surface area (Å²) >= 11 is 0. The van der Waals surface area contributed by atoms with Gasteiger partial charge in [0, 0.05) is 19.0 Å². The molecule has 2 N–H and O–H groups in total. The largest absolute Gasteiger partial charge is 0.325 e. The van der Waals surface area contributed by atoms with Crippen LogP contribution in [0.2, 0.25) is 0 Å². The molecule has 96 valence electrons. The number of hydrogen-bond donors (Lipinski definition) is 1. The molecule has 1 aliphatic carbocycles. The molecule has 1 aromatic heterocycles. The summed E-state index contributed by atoms with van der Waals surface area (Å²) < 4.78 is 1.84. The zero-order chi connectivity index (χ0) is 12.5. The lowest BCUT2D eigenvalue weighted by molar-refractivity contribution is 0.179. The van der Waals surface area contributed by atoms with E-state index in [2.05, 4.69) is 23.9 Å². The molecule has 4 heteroatoms. The molecule has 2 rings (SSSR count). The molecule has 1 aliphatic rings. The third-order valence-corrected chi connectivity index (χ3v) is 4.18. The Labute approximate surface area is 104 Å². The monoisotopic (exact) mass is 236 g/mol. The second-order valence-electron chi connectivity index (χ2n) is 5.94. The van der Waals surface area contributed by atoms with E-state index in [1.165, 1.54) is 12.8 Å². The molecule has 2 atom stereocenters. The van der Waals surface area contributed by atoms with Crippen LogP contribution in [0.5, 0.6) is 0 Å². The summed E-state index contributed by atoms with van der Waals surface area (Å²) in [6, 6.07) is 0. The Balaban J connectivity index is 2.06. The minimum absolute atomic E-state index is 0.0754. The third kappa shape index (κ3) is 2.86. The van der Waals surface area contributed by atoms with Gasteiger partial charge in [-0.1, -0.05) is 26.7 Å². The average Bonchev–Trinajstić information content (AvgIpc) is 2.64. The van der Waals surface area contributed by atoms with Crippen molar-refractivity contribution in [1.82, 2.24) is 14.8 Å². The van der Waals surface area contributed by atoms with E-state index in [-0.39, 0.29) is 5.54 Å². The fraction of sp³-hybridized carbons (Fsp3) is 0.846. The molecule has 17 heavy (non-hydrogen) atoms. The SMILES string of the molecule is CC(C)C1CCCC(N)(Cc2ncnn2C)C1. The van der Waals surface area contributed by atoms with Crippen LogP contribution in [0.1, 0.15) is 45.4 Å². The summed E-state index contributed by atoms with van der Waals surface area (Å²) in [7, 11) is 1.94. The van der Waals surface area contributed by atoms with Crippen molar-refractivity contribution in [2.45, 2.75) is 51.5 Å². The van der Waals surface area contributed by atoms with Crippen LogP contribution < -0.4 is 5.73 Å². The minimum atomic E-state index is -0.0754.